The molecule has 10 heteroatoms. The molecule has 37 heavy (non-hydrogen) atoms. The molecule has 2 N–H and O–H groups in total. The molecule has 0 saturated heterocycles. The van der Waals surface area contributed by atoms with Crippen molar-refractivity contribution in [2.45, 2.75) is 50.5 Å². The molecule has 190 valence electrons. The summed E-state index contributed by atoms with van der Waals surface area (Å²) in [7, 11) is 0. The Kier molecular flexibility index (Phi) is 5.43. The third-order valence-corrected chi connectivity index (χ3v) is 8.16. The molecule has 4 aromatic rings. The van der Waals surface area contributed by atoms with E-state index in [1.54, 1.807) is 18.5 Å². The number of hydrogen-bond donors (Lipinski definition) is 2. The summed E-state index contributed by atoms with van der Waals surface area (Å²) >= 11 is 0. The minimum absolute atomic E-state index is 0.0963. The topological polar surface area (TPSA) is 118 Å². The minimum atomic E-state index is -0.947. The van der Waals surface area contributed by atoms with Crippen LogP contribution in [0, 0.1) is 17.0 Å². The number of oxazole rings is 1. The largest absolute Gasteiger partial charge is 0.443 e. The maximum absolute atomic E-state index is 14.5. The first kappa shape index (κ1) is 23.7. The molecule has 0 radical (unpaired) electrons. The van der Waals surface area contributed by atoms with Gasteiger partial charge in [0, 0.05) is 19.2 Å². The first-order chi connectivity index (χ1) is 17.8. The lowest BCUT2D eigenvalue weighted by atomic mass is 9.66. The van der Waals surface area contributed by atoms with Crippen LogP contribution in [-0.4, -0.2) is 42.0 Å². The van der Waals surface area contributed by atoms with E-state index < -0.39 is 23.2 Å². The van der Waals surface area contributed by atoms with Crippen LogP contribution < -0.4 is 0 Å². The van der Waals surface area contributed by atoms with Crippen LogP contribution in [0.1, 0.15) is 67.8 Å². The highest BCUT2D eigenvalue weighted by Gasteiger charge is 2.65. The highest BCUT2D eigenvalue weighted by Crippen LogP contribution is 2.69. The Morgan fingerprint density at radius 2 is 1.89 bits per heavy atom. The van der Waals surface area contributed by atoms with Gasteiger partial charge in [-0.25, -0.2) is 18.7 Å². The predicted molar refractivity (Wildman–Crippen MR) is 128 cm³/mol. The lowest BCUT2D eigenvalue weighted by Crippen LogP contribution is -2.38. The van der Waals surface area contributed by atoms with Gasteiger partial charge in [-0.05, 0) is 47.9 Å². The van der Waals surface area contributed by atoms with Gasteiger partial charge < -0.3 is 14.6 Å². The average molecular weight is 506 g/mol. The van der Waals surface area contributed by atoms with Crippen molar-refractivity contribution in [1.82, 2.24) is 25.1 Å². The van der Waals surface area contributed by atoms with E-state index in [0.717, 1.165) is 24.1 Å². The van der Waals surface area contributed by atoms with Crippen molar-refractivity contribution in [2.24, 2.45) is 5.41 Å². The van der Waals surface area contributed by atoms with E-state index in [1.807, 2.05) is 0 Å². The van der Waals surface area contributed by atoms with Crippen LogP contribution >= 0.6 is 0 Å². The molecule has 2 aliphatic rings. The van der Waals surface area contributed by atoms with Crippen molar-refractivity contribution in [2.75, 3.05) is 6.61 Å². The number of aromatic nitrogens is 5. The molecule has 3 heterocycles. The fourth-order valence-electron chi connectivity index (χ4n) is 6.26. The number of rotatable bonds is 6. The van der Waals surface area contributed by atoms with E-state index >= 15 is 0 Å². The number of aliphatic hydroxyl groups excluding tert-OH is 2. The Labute approximate surface area is 211 Å². The highest BCUT2D eigenvalue weighted by atomic mass is 19.1. The van der Waals surface area contributed by atoms with Crippen molar-refractivity contribution in [3.63, 3.8) is 0 Å². The van der Waals surface area contributed by atoms with Crippen LogP contribution in [0.2, 0.25) is 0 Å². The van der Waals surface area contributed by atoms with Gasteiger partial charge >= 0.3 is 0 Å². The molecule has 2 aliphatic carbocycles. The third-order valence-electron chi connectivity index (χ3n) is 8.16. The maximum atomic E-state index is 14.5. The summed E-state index contributed by atoms with van der Waals surface area (Å²) in [5.74, 6) is -1.06. The molecule has 0 aliphatic heterocycles. The molecular formula is C27H25F2N5O3. The van der Waals surface area contributed by atoms with Crippen molar-refractivity contribution in [1.29, 1.82) is 0 Å². The van der Waals surface area contributed by atoms with E-state index in [9.17, 15) is 13.9 Å². The summed E-state index contributed by atoms with van der Waals surface area (Å²) < 4.78 is 34.6. The molecule has 0 spiro atoms. The quantitative estimate of drug-likeness (QED) is 0.394. The molecule has 2 bridgehead atoms. The van der Waals surface area contributed by atoms with Gasteiger partial charge in [0.2, 0.25) is 5.89 Å². The molecule has 3 atom stereocenters. The number of fused-ring (bicyclic) bond motifs is 5. The number of benzene rings is 1. The second-order valence-electron chi connectivity index (χ2n) is 10.2. The number of halogens is 2. The Morgan fingerprint density at radius 3 is 2.65 bits per heavy atom. The van der Waals surface area contributed by atoms with Gasteiger partial charge in [-0.1, -0.05) is 19.9 Å². The zero-order valence-electron chi connectivity index (χ0n) is 20.3. The monoisotopic (exact) mass is 505 g/mol. The lowest BCUT2D eigenvalue weighted by Gasteiger charge is -2.37. The van der Waals surface area contributed by atoms with Gasteiger partial charge in [0.15, 0.2) is 0 Å². The maximum Gasteiger partial charge on any atom is 0.247 e. The fourth-order valence-corrected chi connectivity index (χ4v) is 6.26. The first-order valence-corrected chi connectivity index (χ1v) is 12.2. The normalized spacial score (nSPS) is 22.3. The average Bonchev–Trinajstić information content (AvgIpc) is 3.53. The summed E-state index contributed by atoms with van der Waals surface area (Å²) in [5, 5.41) is 28.0. The van der Waals surface area contributed by atoms with E-state index in [2.05, 4.69) is 34.0 Å². The Hall–Kier alpha value is -3.63. The summed E-state index contributed by atoms with van der Waals surface area (Å²) in [6.45, 7) is 4.13. The number of hydrogen-bond acceptors (Lipinski definition) is 8. The number of aliphatic hydroxyl groups is 2. The minimum Gasteiger partial charge on any atom is -0.443 e. The van der Waals surface area contributed by atoms with E-state index in [0.29, 0.717) is 17.1 Å². The molecule has 8 nitrogen and oxygen atoms in total. The van der Waals surface area contributed by atoms with Crippen molar-refractivity contribution < 1.29 is 23.4 Å². The van der Waals surface area contributed by atoms with Gasteiger partial charge in [0.25, 0.3) is 0 Å². The molecule has 0 amide bonds. The van der Waals surface area contributed by atoms with Crippen LogP contribution in [0.3, 0.4) is 0 Å². The SMILES string of the molecule is CC1(C)[C@H]2CC[C@]1(c1cncc(-c3nc([C@H](O)CCO)co3)n1)c1nnc(-c3c(F)cccc3F)cc12. The Balaban J connectivity index is 1.44. The molecule has 1 saturated carbocycles. The van der Waals surface area contributed by atoms with Crippen molar-refractivity contribution in [3.05, 3.63) is 77.2 Å². The standard InChI is InChI=1S/C27H25F2N5O3/c1-26(2)15-6-8-27(26,24-14(15)10-18(33-34-24)23-16(28)4-3-5-17(23)29)22-12-30-11-19(31-22)25-32-20(13-37-25)21(36)7-9-35/h3-5,10-13,15,21,35-36H,6-9H2,1-2H3/t15-,21+,27-/m0/s1. The van der Waals surface area contributed by atoms with E-state index in [1.165, 1.54) is 24.5 Å². The van der Waals surface area contributed by atoms with Crippen LogP contribution in [0.15, 0.2) is 47.3 Å². The number of nitrogens with zero attached hydrogens (tertiary/aromatic N) is 5. The fraction of sp³-hybridized carbons (Fsp3) is 0.370. The van der Waals surface area contributed by atoms with E-state index in [-0.39, 0.29) is 41.5 Å². The van der Waals surface area contributed by atoms with Crippen molar-refractivity contribution in [3.8, 4) is 22.8 Å². The molecular weight excluding hydrogens is 480 g/mol. The smallest absolute Gasteiger partial charge is 0.247 e. The molecule has 1 fully saturated rings. The second kappa shape index (κ2) is 8.46. The molecule has 3 aromatic heterocycles. The van der Waals surface area contributed by atoms with Crippen LogP contribution in [0.25, 0.3) is 22.8 Å². The zero-order chi connectivity index (χ0) is 25.9. The summed E-state index contributed by atoms with van der Waals surface area (Å²) in [4.78, 5) is 13.6. The van der Waals surface area contributed by atoms with Gasteiger partial charge in [-0.3, -0.25) is 4.98 Å². The Bertz CT molecular complexity index is 1490. The van der Waals surface area contributed by atoms with Crippen molar-refractivity contribution >= 4 is 0 Å². The Morgan fingerprint density at radius 1 is 1.11 bits per heavy atom. The second-order valence-corrected chi connectivity index (χ2v) is 10.2. The highest BCUT2D eigenvalue weighted by molar-refractivity contribution is 5.64. The van der Waals surface area contributed by atoms with Crippen LogP contribution in [0.5, 0.6) is 0 Å². The molecule has 1 aromatic carbocycles. The predicted octanol–water partition coefficient (Wildman–Crippen LogP) is 4.49. The van der Waals surface area contributed by atoms with Gasteiger partial charge in [-0.15, -0.1) is 5.10 Å². The van der Waals surface area contributed by atoms with Gasteiger partial charge in [-0.2, -0.15) is 5.10 Å². The lowest BCUT2D eigenvalue weighted by molar-refractivity contribution is 0.130. The summed E-state index contributed by atoms with van der Waals surface area (Å²) in [6, 6.07) is 5.51. The summed E-state index contributed by atoms with van der Waals surface area (Å²) in [6.07, 6.45) is 5.41. The molecule has 0 unspecified atom stereocenters. The van der Waals surface area contributed by atoms with Crippen LogP contribution in [-0.2, 0) is 5.41 Å². The first-order valence-electron chi connectivity index (χ1n) is 12.2. The summed E-state index contributed by atoms with van der Waals surface area (Å²) in [5.41, 5.74) is 2.11. The van der Waals surface area contributed by atoms with E-state index in [4.69, 9.17) is 14.5 Å². The third kappa shape index (κ3) is 3.35. The van der Waals surface area contributed by atoms with Gasteiger partial charge in [0.05, 0.1) is 34.3 Å². The molecule has 6 rings (SSSR count). The van der Waals surface area contributed by atoms with Gasteiger partial charge in [0.1, 0.15) is 35.4 Å². The van der Waals surface area contributed by atoms with Crippen LogP contribution in [0.4, 0.5) is 8.78 Å². The zero-order valence-corrected chi connectivity index (χ0v) is 20.3.